The van der Waals surface area contributed by atoms with Crippen molar-refractivity contribution in [2.75, 3.05) is 17.6 Å². The molecule has 1 aromatic carbocycles. The largest absolute Gasteiger partial charge is 0.388 e. The Balaban J connectivity index is 1.48. The summed E-state index contributed by atoms with van der Waals surface area (Å²) in [5.41, 5.74) is 2.01. The average molecular weight is 455 g/mol. The third-order valence-electron chi connectivity index (χ3n) is 7.23. The van der Waals surface area contributed by atoms with Crippen LogP contribution in [0.25, 0.3) is 0 Å². The topological polar surface area (TPSA) is 87.1 Å². The number of halogens is 1. The molecule has 2 aromatic rings. The zero-order valence-electron chi connectivity index (χ0n) is 17.7. The standard InChI is InChI=1S/C24H27FN4O2S/c1-2-23(31)26-10-18-14-7-17-16(18)9-20-19(25)11-27-24(29-20)28-15-5-3-4-13(6-15)21(30)12-32-22(17)8-14/h2-6,11,14,16-18,21-22,30H,1,7-10,12H2,(H,26,31)(H,27,28,29)/t14-,16+,17-,18-,21?,22+/m0/s1. The second kappa shape index (κ2) is 8.83. The van der Waals surface area contributed by atoms with Crippen LogP contribution in [0.1, 0.15) is 30.2 Å². The van der Waals surface area contributed by atoms with Crippen LogP contribution in [0.2, 0.25) is 0 Å². The zero-order chi connectivity index (χ0) is 22.2. The Kier molecular flexibility index (Phi) is 5.90. The van der Waals surface area contributed by atoms with E-state index >= 15 is 0 Å². The van der Waals surface area contributed by atoms with Crippen LogP contribution >= 0.6 is 11.8 Å². The predicted octanol–water partition coefficient (Wildman–Crippen LogP) is 3.63. The fourth-order valence-corrected chi connectivity index (χ4v) is 7.30. The number of anilines is 2. The van der Waals surface area contributed by atoms with Crippen LogP contribution in [0.15, 0.2) is 43.1 Å². The molecule has 1 aliphatic heterocycles. The molecule has 168 valence electrons. The minimum absolute atomic E-state index is 0.177. The van der Waals surface area contributed by atoms with Gasteiger partial charge in [-0.15, -0.1) is 0 Å². The molecule has 1 unspecified atom stereocenters. The summed E-state index contributed by atoms with van der Waals surface area (Å²) < 4.78 is 14.7. The first-order valence-corrected chi connectivity index (χ1v) is 12.1. The maximum atomic E-state index is 14.7. The van der Waals surface area contributed by atoms with Crippen LogP contribution in [-0.4, -0.2) is 38.5 Å². The number of amides is 1. The molecule has 5 rings (SSSR count). The van der Waals surface area contributed by atoms with E-state index in [-0.39, 0.29) is 17.7 Å². The number of carbonyl (C=O) groups excluding carboxylic acids is 1. The summed E-state index contributed by atoms with van der Waals surface area (Å²) in [7, 11) is 0. The van der Waals surface area contributed by atoms with Crippen LogP contribution in [0.3, 0.4) is 0 Å². The number of rotatable bonds is 3. The zero-order valence-corrected chi connectivity index (χ0v) is 18.5. The lowest BCUT2D eigenvalue weighted by molar-refractivity contribution is -0.116. The number of nitrogens with zero attached hydrogens (tertiary/aromatic N) is 2. The molecule has 2 fully saturated rings. The summed E-state index contributed by atoms with van der Waals surface area (Å²) in [5, 5.41) is 17.3. The molecule has 2 heterocycles. The molecule has 0 spiro atoms. The van der Waals surface area contributed by atoms with Crippen molar-refractivity contribution in [2.45, 2.75) is 30.6 Å². The van der Waals surface area contributed by atoms with Gasteiger partial charge in [0.25, 0.3) is 0 Å². The molecule has 8 heteroatoms. The Hall–Kier alpha value is -2.45. The number of aromatic nitrogens is 2. The van der Waals surface area contributed by atoms with Crippen molar-refractivity contribution >= 4 is 29.3 Å². The van der Waals surface area contributed by atoms with Crippen molar-refractivity contribution < 1.29 is 14.3 Å². The molecule has 2 aliphatic carbocycles. The van der Waals surface area contributed by atoms with Crippen molar-refractivity contribution in [2.24, 2.45) is 23.7 Å². The second-order valence-electron chi connectivity index (χ2n) is 9.00. The molecule has 6 nitrogen and oxygen atoms in total. The van der Waals surface area contributed by atoms with Gasteiger partial charge >= 0.3 is 0 Å². The minimum Gasteiger partial charge on any atom is -0.388 e. The van der Waals surface area contributed by atoms with Gasteiger partial charge in [0.15, 0.2) is 5.82 Å². The number of hydrogen-bond donors (Lipinski definition) is 3. The third-order valence-corrected chi connectivity index (χ3v) is 8.71. The van der Waals surface area contributed by atoms with Crippen LogP contribution in [-0.2, 0) is 11.2 Å². The van der Waals surface area contributed by atoms with Crippen molar-refractivity contribution in [3.05, 3.63) is 60.2 Å². The first kappa shape index (κ1) is 21.4. The van der Waals surface area contributed by atoms with E-state index < -0.39 is 11.9 Å². The summed E-state index contributed by atoms with van der Waals surface area (Å²) >= 11 is 1.82. The van der Waals surface area contributed by atoms with Crippen molar-refractivity contribution in [3.8, 4) is 0 Å². The van der Waals surface area contributed by atoms with Crippen molar-refractivity contribution in [3.63, 3.8) is 0 Å². The van der Waals surface area contributed by atoms with E-state index in [4.69, 9.17) is 0 Å². The maximum absolute atomic E-state index is 14.7. The van der Waals surface area contributed by atoms with E-state index in [1.165, 1.54) is 12.3 Å². The Morgan fingerprint density at radius 1 is 1.38 bits per heavy atom. The highest BCUT2D eigenvalue weighted by molar-refractivity contribution is 7.99. The van der Waals surface area contributed by atoms with E-state index in [1.54, 1.807) is 0 Å². The van der Waals surface area contributed by atoms with Gasteiger partial charge in [0.2, 0.25) is 11.9 Å². The normalized spacial score (nSPS) is 30.8. The molecule has 1 amide bonds. The van der Waals surface area contributed by atoms with Crippen LogP contribution in [0.4, 0.5) is 16.0 Å². The number of nitrogens with one attached hydrogen (secondary N) is 2. The number of hydrogen-bond acceptors (Lipinski definition) is 6. The molecule has 0 saturated heterocycles. The van der Waals surface area contributed by atoms with Gasteiger partial charge in [0.05, 0.1) is 18.0 Å². The summed E-state index contributed by atoms with van der Waals surface area (Å²) in [6.07, 6.45) is 4.60. The Morgan fingerprint density at radius 3 is 3.09 bits per heavy atom. The summed E-state index contributed by atoms with van der Waals surface area (Å²) in [4.78, 5) is 20.4. The molecule has 1 aromatic heterocycles. The van der Waals surface area contributed by atoms with E-state index in [0.29, 0.717) is 47.4 Å². The van der Waals surface area contributed by atoms with Gasteiger partial charge < -0.3 is 15.7 Å². The van der Waals surface area contributed by atoms with Gasteiger partial charge in [-0.05, 0) is 66.7 Å². The van der Waals surface area contributed by atoms with E-state index in [9.17, 15) is 14.3 Å². The monoisotopic (exact) mass is 454 g/mol. The van der Waals surface area contributed by atoms with Crippen molar-refractivity contribution in [1.29, 1.82) is 0 Å². The van der Waals surface area contributed by atoms with E-state index in [1.807, 2.05) is 36.0 Å². The molecule has 3 aliphatic rings. The first-order chi connectivity index (χ1) is 15.5. The van der Waals surface area contributed by atoms with Crippen LogP contribution in [0.5, 0.6) is 0 Å². The third kappa shape index (κ3) is 4.13. The van der Waals surface area contributed by atoms with E-state index in [2.05, 4.69) is 27.2 Å². The van der Waals surface area contributed by atoms with Gasteiger partial charge in [-0.2, -0.15) is 11.8 Å². The number of aliphatic hydroxyl groups excluding tert-OH is 1. The van der Waals surface area contributed by atoms with Gasteiger partial charge in [-0.25, -0.2) is 14.4 Å². The second-order valence-corrected chi connectivity index (χ2v) is 10.3. The van der Waals surface area contributed by atoms with Gasteiger partial charge in [-0.1, -0.05) is 18.7 Å². The number of thioether (sulfide) groups is 1. The summed E-state index contributed by atoms with van der Waals surface area (Å²) in [6.45, 7) is 4.10. The number of aliphatic hydroxyl groups is 1. The molecule has 0 radical (unpaired) electrons. The minimum atomic E-state index is -0.561. The quantitative estimate of drug-likeness (QED) is 0.614. The SMILES string of the molecule is C=CC(=O)NC[C@H]1[C@H]2C[C@H]3[C@H]1Cc1nc(ncc1F)Nc1cccc(c1)C(O)CS[C@@H]3C2. The van der Waals surface area contributed by atoms with Gasteiger partial charge in [0.1, 0.15) is 0 Å². The highest BCUT2D eigenvalue weighted by Crippen LogP contribution is 2.57. The van der Waals surface area contributed by atoms with Crippen LogP contribution < -0.4 is 10.6 Å². The lowest BCUT2D eigenvalue weighted by atomic mass is 9.76. The Bertz CT molecular complexity index is 1030. The number of carbonyl (C=O) groups is 1. The summed E-state index contributed by atoms with van der Waals surface area (Å²) in [6, 6.07) is 7.58. The lowest BCUT2D eigenvalue weighted by Crippen LogP contribution is -2.39. The molecule has 6 bridgehead atoms. The Labute approximate surface area is 191 Å². The first-order valence-electron chi connectivity index (χ1n) is 11.1. The summed E-state index contributed by atoms with van der Waals surface area (Å²) in [5.74, 6) is 1.76. The lowest BCUT2D eigenvalue weighted by Gasteiger charge is -2.36. The molecule has 32 heavy (non-hydrogen) atoms. The molecule has 2 saturated carbocycles. The molecular formula is C24H27FN4O2S. The van der Waals surface area contributed by atoms with Crippen LogP contribution in [0, 0.1) is 29.5 Å². The molecule has 6 atom stereocenters. The number of fused-ring (bicyclic) bond motifs is 5. The maximum Gasteiger partial charge on any atom is 0.243 e. The van der Waals surface area contributed by atoms with Crippen molar-refractivity contribution in [1.82, 2.24) is 15.3 Å². The predicted molar refractivity (Wildman–Crippen MR) is 123 cm³/mol. The molecular weight excluding hydrogens is 427 g/mol. The van der Waals surface area contributed by atoms with E-state index in [0.717, 1.165) is 24.1 Å². The highest BCUT2D eigenvalue weighted by atomic mass is 32.2. The Morgan fingerprint density at radius 2 is 2.25 bits per heavy atom. The average Bonchev–Trinajstić information content (AvgIpc) is 3.36. The smallest absolute Gasteiger partial charge is 0.243 e. The molecule has 3 N–H and O–H groups in total. The fraction of sp³-hybridized carbons (Fsp3) is 0.458. The van der Waals surface area contributed by atoms with Gasteiger partial charge in [-0.3, -0.25) is 4.79 Å². The number of benzene rings is 1. The highest BCUT2D eigenvalue weighted by Gasteiger charge is 2.52. The fourth-order valence-electron chi connectivity index (χ4n) is 5.73. The van der Waals surface area contributed by atoms with Gasteiger partial charge in [0, 0.05) is 23.2 Å².